The van der Waals surface area contributed by atoms with Gasteiger partial charge in [-0.1, -0.05) is 23.4 Å². The first-order valence-electron chi connectivity index (χ1n) is 9.48. The van der Waals surface area contributed by atoms with Crippen molar-refractivity contribution >= 4 is 11.8 Å². The quantitative estimate of drug-likeness (QED) is 0.804. The predicted molar refractivity (Wildman–Crippen MR) is 101 cm³/mol. The first kappa shape index (κ1) is 18.6. The van der Waals surface area contributed by atoms with Crippen LogP contribution in [0.25, 0.3) is 0 Å². The highest BCUT2D eigenvalue weighted by Gasteiger charge is 2.40. The second-order valence-corrected chi connectivity index (χ2v) is 7.24. The molecule has 1 aromatic carbocycles. The fourth-order valence-electron chi connectivity index (χ4n) is 3.97. The highest BCUT2D eigenvalue weighted by Crippen LogP contribution is 2.26. The summed E-state index contributed by atoms with van der Waals surface area (Å²) in [6.45, 7) is 3.12. The van der Waals surface area contributed by atoms with E-state index < -0.39 is 0 Å². The van der Waals surface area contributed by atoms with Crippen LogP contribution in [0.2, 0.25) is 0 Å². The first-order chi connectivity index (χ1) is 13.7. The maximum Gasteiger partial charge on any atom is 0.273 e. The van der Waals surface area contributed by atoms with Crippen molar-refractivity contribution in [2.24, 2.45) is 0 Å². The standard InChI is InChI=1S/C20H24N4O4/c1-27-13-17-9-18(22-28-17)19(25)21-10-16-12-24(15-7-8-23(16)11-15)20(26)14-5-3-2-4-6-14/h2-6,9,15-16H,7-8,10-13H2,1H3,(H,21,25)/t15-,16-/m0/s1. The molecular formula is C20H24N4O4. The van der Waals surface area contributed by atoms with Crippen molar-refractivity contribution in [2.45, 2.75) is 25.1 Å². The zero-order valence-corrected chi connectivity index (χ0v) is 15.8. The van der Waals surface area contributed by atoms with Gasteiger partial charge in [-0.15, -0.1) is 0 Å². The number of aromatic nitrogens is 1. The second-order valence-electron chi connectivity index (χ2n) is 7.24. The van der Waals surface area contributed by atoms with Gasteiger partial charge in [0.25, 0.3) is 11.8 Å². The minimum Gasteiger partial charge on any atom is -0.377 e. The summed E-state index contributed by atoms with van der Waals surface area (Å²) in [6, 6.07) is 11.3. The molecular weight excluding hydrogens is 360 g/mol. The molecule has 2 bridgehead atoms. The van der Waals surface area contributed by atoms with Crippen LogP contribution in [-0.4, -0.2) is 72.1 Å². The summed E-state index contributed by atoms with van der Waals surface area (Å²) in [5.74, 6) is 0.282. The molecule has 4 rings (SSSR count). The Kier molecular flexibility index (Phi) is 5.40. The van der Waals surface area contributed by atoms with Gasteiger partial charge in [-0.3, -0.25) is 14.5 Å². The highest BCUT2D eigenvalue weighted by atomic mass is 16.5. The third-order valence-corrected chi connectivity index (χ3v) is 5.42. The van der Waals surface area contributed by atoms with Gasteiger partial charge in [0.1, 0.15) is 6.61 Å². The third kappa shape index (κ3) is 3.79. The molecule has 2 amide bonds. The summed E-state index contributed by atoms with van der Waals surface area (Å²) in [5.41, 5.74) is 0.943. The summed E-state index contributed by atoms with van der Waals surface area (Å²) >= 11 is 0. The van der Waals surface area contributed by atoms with Gasteiger partial charge in [0.2, 0.25) is 0 Å². The summed E-state index contributed by atoms with van der Waals surface area (Å²) in [6.07, 6.45) is 0.965. The number of carbonyl (C=O) groups excluding carboxylic acids is 2. The molecule has 2 saturated heterocycles. The molecule has 2 fully saturated rings. The van der Waals surface area contributed by atoms with Gasteiger partial charge in [-0.2, -0.15) is 0 Å². The Morgan fingerprint density at radius 1 is 1.29 bits per heavy atom. The number of nitrogens with zero attached hydrogens (tertiary/aromatic N) is 3. The molecule has 3 atom stereocenters. The van der Waals surface area contributed by atoms with E-state index in [0.717, 1.165) is 19.5 Å². The van der Waals surface area contributed by atoms with E-state index >= 15 is 0 Å². The number of methoxy groups -OCH3 is 1. The SMILES string of the molecule is COCc1cc(C(=O)NC[C@H]2CN(C(=O)c3ccccc3)[C@H]3CCN2C3)no1. The van der Waals surface area contributed by atoms with Crippen LogP contribution in [0.1, 0.15) is 33.0 Å². The number of ether oxygens (including phenoxy) is 1. The summed E-state index contributed by atoms with van der Waals surface area (Å²) in [4.78, 5) is 29.6. The van der Waals surface area contributed by atoms with E-state index in [0.29, 0.717) is 24.4 Å². The number of nitrogens with one attached hydrogen (secondary N) is 1. The Morgan fingerprint density at radius 2 is 2.11 bits per heavy atom. The Morgan fingerprint density at radius 3 is 2.89 bits per heavy atom. The van der Waals surface area contributed by atoms with Gasteiger partial charge in [-0.05, 0) is 18.6 Å². The molecule has 0 saturated carbocycles. The minimum atomic E-state index is -0.284. The Labute approximate surface area is 163 Å². The van der Waals surface area contributed by atoms with E-state index in [2.05, 4.69) is 15.4 Å². The van der Waals surface area contributed by atoms with Crippen molar-refractivity contribution in [1.29, 1.82) is 0 Å². The fraction of sp³-hybridized carbons (Fsp3) is 0.450. The largest absolute Gasteiger partial charge is 0.377 e. The molecule has 0 radical (unpaired) electrons. The summed E-state index contributed by atoms with van der Waals surface area (Å²) in [5, 5.41) is 6.71. The van der Waals surface area contributed by atoms with Gasteiger partial charge in [0.05, 0.1) is 0 Å². The molecule has 0 spiro atoms. The molecule has 1 unspecified atom stereocenters. The lowest BCUT2D eigenvalue weighted by atomic mass is 10.1. The summed E-state index contributed by atoms with van der Waals surface area (Å²) in [7, 11) is 1.55. The molecule has 8 nitrogen and oxygen atoms in total. The molecule has 2 aliphatic heterocycles. The average molecular weight is 384 g/mol. The van der Waals surface area contributed by atoms with Crippen LogP contribution in [0.5, 0.6) is 0 Å². The van der Waals surface area contributed by atoms with Crippen LogP contribution in [0, 0.1) is 0 Å². The van der Waals surface area contributed by atoms with Gasteiger partial charge >= 0.3 is 0 Å². The maximum atomic E-state index is 12.9. The monoisotopic (exact) mass is 384 g/mol. The van der Waals surface area contributed by atoms with Gasteiger partial charge in [0.15, 0.2) is 11.5 Å². The molecule has 8 heteroatoms. The summed E-state index contributed by atoms with van der Waals surface area (Å²) < 4.78 is 10.0. The number of benzene rings is 1. The molecule has 1 N–H and O–H groups in total. The lowest BCUT2D eigenvalue weighted by Crippen LogP contribution is -2.57. The van der Waals surface area contributed by atoms with Crippen molar-refractivity contribution in [3.05, 3.63) is 53.4 Å². The number of piperazine rings is 1. The van der Waals surface area contributed by atoms with Crippen molar-refractivity contribution in [3.8, 4) is 0 Å². The maximum absolute atomic E-state index is 12.9. The molecule has 3 heterocycles. The zero-order valence-electron chi connectivity index (χ0n) is 15.8. The van der Waals surface area contributed by atoms with E-state index in [-0.39, 0.29) is 36.2 Å². The highest BCUT2D eigenvalue weighted by molar-refractivity contribution is 5.94. The van der Waals surface area contributed by atoms with Crippen LogP contribution in [0.15, 0.2) is 40.9 Å². The molecule has 148 valence electrons. The molecule has 28 heavy (non-hydrogen) atoms. The first-order valence-corrected chi connectivity index (χ1v) is 9.48. The molecule has 2 aromatic rings. The Hall–Kier alpha value is -2.71. The number of hydrogen-bond acceptors (Lipinski definition) is 6. The number of hydrogen-bond donors (Lipinski definition) is 1. The second kappa shape index (κ2) is 8.12. The molecule has 0 aliphatic carbocycles. The van der Waals surface area contributed by atoms with Crippen molar-refractivity contribution in [3.63, 3.8) is 0 Å². The normalized spacial score (nSPS) is 23.6. The Bertz CT molecular complexity index is 838. The van der Waals surface area contributed by atoms with Crippen LogP contribution in [-0.2, 0) is 11.3 Å². The van der Waals surface area contributed by atoms with E-state index in [4.69, 9.17) is 9.26 Å². The smallest absolute Gasteiger partial charge is 0.273 e. The number of fused-ring (bicyclic) bond motifs is 2. The van der Waals surface area contributed by atoms with Gasteiger partial charge < -0.3 is 19.5 Å². The van der Waals surface area contributed by atoms with E-state index in [1.54, 1.807) is 13.2 Å². The van der Waals surface area contributed by atoms with Gasteiger partial charge in [-0.25, -0.2) is 0 Å². The van der Waals surface area contributed by atoms with Crippen molar-refractivity contribution < 1.29 is 18.8 Å². The average Bonchev–Trinajstić information content (AvgIpc) is 3.36. The molecule has 1 aromatic heterocycles. The van der Waals surface area contributed by atoms with Crippen LogP contribution in [0.3, 0.4) is 0 Å². The molecule has 2 aliphatic rings. The third-order valence-electron chi connectivity index (χ3n) is 5.42. The van der Waals surface area contributed by atoms with Crippen LogP contribution in [0.4, 0.5) is 0 Å². The predicted octanol–water partition coefficient (Wildman–Crippen LogP) is 1.15. The number of amides is 2. The lowest BCUT2D eigenvalue weighted by molar-refractivity contribution is 0.0493. The number of carbonyl (C=O) groups is 2. The van der Waals surface area contributed by atoms with Crippen LogP contribution < -0.4 is 5.32 Å². The van der Waals surface area contributed by atoms with E-state index in [1.165, 1.54) is 0 Å². The van der Waals surface area contributed by atoms with Crippen LogP contribution >= 0.6 is 0 Å². The van der Waals surface area contributed by atoms with E-state index in [9.17, 15) is 9.59 Å². The topological polar surface area (TPSA) is 87.9 Å². The number of rotatable bonds is 6. The minimum absolute atomic E-state index is 0.0594. The lowest BCUT2D eigenvalue weighted by Gasteiger charge is -2.40. The Balaban J connectivity index is 1.39. The fourth-order valence-corrected chi connectivity index (χ4v) is 3.97. The van der Waals surface area contributed by atoms with Gasteiger partial charge in [0, 0.05) is 57.0 Å². The zero-order chi connectivity index (χ0) is 19.5. The van der Waals surface area contributed by atoms with E-state index in [1.807, 2.05) is 35.2 Å². The van der Waals surface area contributed by atoms with Crippen molar-refractivity contribution in [1.82, 2.24) is 20.3 Å². The van der Waals surface area contributed by atoms with Crippen molar-refractivity contribution in [2.75, 3.05) is 33.3 Å².